The number of sulfonamides is 1. The van der Waals surface area contributed by atoms with E-state index in [9.17, 15) is 8.42 Å². The fourth-order valence-electron chi connectivity index (χ4n) is 1.30. The number of aryl methyl sites for hydroxylation is 2. The summed E-state index contributed by atoms with van der Waals surface area (Å²) in [5.41, 5.74) is 6.08. The second-order valence-electron chi connectivity index (χ2n) is 3.88. The van der Waals surface area contributed by atoms with Crippen molar-refractivity contribution in [2.75, 3.05) is 12.3 Å². The smallest absolute Gasteiger partial charge is 0.212 e. The van der Waals surface area contributed by atoms with Crippen molar-refractivity contribution in [2.24, 2.45) is 5.73 Å². The monoisotopic (exact) mass is 261 g/mol. The normalized spacial score (nSPS) is 11.9. The first-order valence-electron chi connectivity index (χ1n) is 5.55. The lowest BCUT2D eigenvalue weighted by Gasteiger charge is -2.03. The number of hydrogen-bond acceptors (Lipinski definition) is 5. The molecule has 1 aromatic heterocycles. The second kappa shape index (κ2) is 6.13. The van der Waals surface area contributed by atoms with Crippen LogP contribution in [0.25, 0.3) is 0 Å². The number of nitrogens with zero attached hydrogens (tertiary/aromatic N) is 1. The summed E-state index contributed by atoms with van der Waals surface area (Å²) >= 11 is 0. The highest BCUT2D eigenvalue weighted by atomic mass is 32.2. The van der Waals surface area contributed by atoms with Crippen molar-refractivity contribution >= 4 is 10.0 Å². The maximum atomic E-state index is 11.5. The van der Waals surface area contributed by atoms with E-state index in [1.807, 2.05) is 6.92 Å². The molecule has 7 heteroatoms. The van der Waals surface area contributed by atoms with E-state index >= 15 is 0 Å². The number of nitrogens with two attached hydrogens (primary N) is 1. The van der Waals surface area contributed by atoms with E-state index in [1.54, 1.807) is 6.92 Å². The van der Waals surface area contributed by atoms with E-state index in [1.165, 1.54) is 0 Å². The van der Waals surface area contributed by atoms with Crippen molar-refractivity contribution in [3.8, 4) is 0 Å². The van der Waals surface area contributed by atoms with Gasteiger partial charge in [-0.2, -0.15) is 0 Å². The Kier molecular flexibility index (Phi) is 5.10. The van der Waals surface area contributed by atoms with Crippen LogP contribution in [0.1, 0.15) is 30.2 Å². The summed E-state index contributed by atoms with van der Waals surface area (Å²) in [7, 11) is -3.26. The summed E-state index contributed by atoms with van der Waals surface area (Å²) in [5.74, 6) is 1.19. The molecule has 0 saturated carbocycles. The van der Waals surface area contributed by atoms with Gasteiger partial charge in [-0.1, -0.05) is 0 Å². The first-order valence-corrected chi connectivity index (χ1v) is 7.20. The highest BCUT2D eigenvalue weighted by Crippen LogP contribution is 2.08. The average Bonchev–Trinajstić information content (AvgIpc) is 2.56. The first kappa shape index (κ1) is 14.1. The van der Waals surface area contributed by atoms with Gasteiger partial charge in [0.05, 0.1) is 18.0 Å². The van der Waals surface area contributed by atoms with Crippen LogP contribution in [0, 0.1) is 13.8 Å². The van der Waals surface area contributed by atoms with Crippen molar-refractivity contribution in [3.63, 3.8) is 0 Å². The molecule has 0 aromatic carbocycles. The van der Waals surface area contributed by atoms with E-state index in [2.05, 4.69) is 9.71 Å². The van der Waals surface area contributed by atoms with E-state index in [0.29, 0.717) is 31.0 Å². The summed E-state index contributed by atoms with van der Waals surface area (Å²) < 4.78 is 30.8. The highest BCUT2D eigenvalue weighted by Gasteiger charge is 2.12. The van der Waals surface area contributed by atoms with Gasteiger partial charge in [-0.3, -0.25) is 0 Å². The third-order valence-electron chi connectivity index (χ3n) is 2.38. The van der Waals surface area contributed by atoms with Crippen molar-refractivity contribution in [3.05, 3.63) is 17.3 Å². The molecule has 0 aliphatic heterocycles. The summed E-state index contributed by atoms with van der Waals surface area (Å²) in [5, 5.41) is 0. The van der Waals surface area contributed by atoms with Gasteiger partial charge in [0.15, 0.2) is 0 Å². The molecule has 0 aliphatic rings. The van der Waals surface area contributed by atoms with Crippen molar-refractivity contribution in [1.29, 1.82) is 0 Å². The van der Waals surface area contributed by atoms with Gasteiger partial charge >= 0.3 is 0 Å². The maximum Gasteiger partial charge on any atom is 0.212 e. The molecule has 0 unspecified atom stereocenters. The molecule has 0 radical (unpaired) electrons. The number of unbranched alkanes of at least 4 members (excludes halogenated alkanes) is 1. The minimum Gasteiger partial charge on any atom is -0.444 e. The van der Waals surface area contributed by atoms with Gasteiger partial charge < -0.3 is 10.2 Å². The zero-order valence-electron chi connectivity index (χ0n) is 10.2. The molecule has 98 valence electrons. The van der Waals surface area contributed by atoms with Gasteiger partial charge in [0.25, 0.3) is 0 Å². The largest absolute Gasteiger partial charge is 0.444 e. The quantitative estimate of drug-likeness (QED) is 0.694. The summed E-state index contributed by atoms with van der Waals surface area (Å²) in [4.78, 5) is 4.10. The van der Waals surface area contributed by atoms with Crippen LogP contribution >= 0.6 is 0 Å². The van der Waals surface area contributed by atoms with Crippen LogP contribution in [0.15, 0.2) is 4.42 Å². The number of hydrogen-bond donors (Lipinski definition) is 2. The van der Waals surface area contributed by atoms with Crippen LogP contribution in [-0.4, -0.2) is 25.7 Å². The fraction of sp³-hybridized carbons (Fsp3) is 0.700. The molecule has 0 fully saturated rings. The van der Waals surface area contributed by atoms with E-state index in [4.69, 9.17) is 10.2 Å². The SMILES string of the molecule is Cc1nc(CNS(=O)(=O)CCCCN)oc1C. The van der Waals surface area contributed by atoms with Crippen LogP contribution in [0.4, 0.5) is 0 Å². The Labute approximate surface area is 102 Å². The van der Waals surface area contributed by atoms with Crippen LogP contribution in [0.2, 0.25) is 0 Å². The molecule has 0 amide bonds. The van der Waals surface area contributed by atoms with Crippen molar-refractivity contribution < 1.29 is 12.8 Å². The number of aromatic nitrogens is 1. The molecule has 6 nitrogen and oxygen atoms in total. The van der Waals surface area contributed by atoms with Crippen LogP contribution < -0.4 is 10.5 Å². The van der Waals surface area contributed by atoms with Gasteiger partial charge in [0.1, 0.15) is 5.76 Å². The van der Waals surface area contributed by atoms with E-state index in [0.717, 1.165) is 5.69 Å². The molecular weight excluding hydrogens is 242 g/mol. The lowest BCUT2D eigenvalue weighted by molar-refractivity contribution is 0.462. The minimum absolute atomic E-state index is 0.0862. The third-order valence-corrected chi connectivity index (χ3v) is 3.79. The van der Waals surface area contributed by atoms with Crippen molar-refractivity contribution in [2.45, 2.75) is 33.2 Å². The third kappa shape index (κ3) is 4.84. The van der Waals surface area contributed by atoms with Gasteiger partial charge in [0, 0.05) is 0 Å². The van der Waals surface area contributed by atoms with Gasteiger partial charge in [-0.25, -0.2) is 18.1 Å². The standard InChI is InChI=1S/C10H19N3O3S/c1-8-9(2)16-10(13-8)7-12-17(14,15)6-4-3-5-11/h12H,3-7,11H2,1-2H3. The predicted octanol–water partition coefficient (Wildman–Crippen LogP) is 0.450. The summed E-state index contributed by atoms with van der Waals surface area (Å²) in [6.45, 7) is 4.22. The summed E-state index contributed by atoms with van der Waals surface area (Å²) in [6.07, 6.45) is 1.27. The Morgan fingerprint density at radius 2 is 2.06 bits per heavy atom. The molecule has 0 spiro atoms. The molecular formula is C10H19N3O3S. The molecule has 1 aromatic rings. The number of nitrogens with one attached hydrogen (secondary N) is 1. The minimum atomic E-state index is -3.26. The highest BCUT2D eigenvalue weighted by molar-refractivity contribution is 7.89. The Morgan fingerprint density at radius 1 is 1.35 bits per heavy atom. The van der Waals surface area contributed by atoms with Gasteiger partial charge in [-0.05, 0) is 33.2 Å². The Bertz CT molecular complexity index is 434. The number of rotatable bonds is 7. The Morgan fingerprint density at radius 3 is 2.59 bits per heavy atom. The fourth-order valence-corrected chi connectivity index (χ4v) is 2.37. The average molecular weight is 261 g/mol. The molecule has 0 bridgehead atoms. The van der Waals surface area contributed by atoms with E-state index in [-0.39, 0.29) is 12.3 Å². The Balaban J connectivity index is 2.44. The molecule has 3 N–H and O–H groups in total. The van der Waals surface area contributed by atoms with Crippen LogP contribution in [0.5, 0.6) is 0 Å². The van der Waals surface area contributed by atoms with Crippen LogP contribution in [-0.2, 0) is 16.6 Å². The maximum absolute atomic E-state index is 11.5. The molecule has 0 atom stereocenters. The zero-order chi connectivity index (χ0) is 12.9. The summed E-state index contributed by atoms with van der Waals surface area (Å²) in [6, 6.07) is 0. The molecule has 0 saturated heterocycles. The van der Waals surface area contributed by atoms with Crippen LogP contribution in [0.3, 0.4) is 0 Å². The lowest BCUT2D eigenvalue weighted by atomic mass is 10.3. The van der Waals surface area contributed by atoms with Crippen molar-refractivity contribution in [1.82, 2.24) is 9.71 Å². The molecule has 1 rings (SSSR count). The topological polar surface area (TPSA) is 98.2 Å². The van der Waals surface area contributed by atoms with Gasteiger partial charge in [-0.15, -0.1) is 0 Å². The zero-order valence-corrected chi connectivity index (χ0v) is 11.0. The number of oxazole rings is 1. The van der Waals surface area contributed by atoms with E-state index < -0.39 is 10.0 Å². The molecule has 17 heavy (non-hydrogen) atoms. The predicted molar refractivity (Wildman–Crippen MR) is 64.9 cm³/mol. The molecule has 0 aliphatic carbocycles. The molecule has 1 heterocycles. The Hall–Kier alpha value is -0.920. The lowest BCUT2D eigenvalue weighted by Crippen LogP contribution is -2.26. The van der Waals surface area contributed by atoms with Gasteiger partial charge in [0.2, 0.25) is 15.9 Å². The second-order valence-corrected chi connectivity index (χ2v) is 5.81. The first-order chi connectivity index (χ1) is 7.94.